The average molecular weight is 298 g/mol. The summed E-state index contributed by atoms with van der Waals surface area (Å²) in [6.07, 6.45) is 0. The Balaban J connectivity index is 2.05. The third kappa shape index (κ3) is 3.77. The van der Waals surface area contributed by atoms with Gasteiger partial charge in [-0.1, -0.05) is 19.0 Å². The second-order valence-electron chi connectivity index (χ2n) is 4.65. The van der Waals surface area contributed by atoms with Crippen LogP contribution in [0.2, 0.25) is 0 Å². The van der Waals surface area contributed by atoms with Crippen LogP contribution in [0.25, 0.3) is 10.8 Å². The van der Waals surface area contributed by atoms with E-state index in [2.05, 4.69) is 29.0 Å². The smallest absolute Gasteiger partial charge is 0.269 e. The molecule has 0 bridgehead atoms. The molecule has 7 heteroatoms. The van der Waals surface area contributed by atoms with Gasteiger partial charge in [0.15, 0.2) is 5.82 Å². The summed E-state index contributed by atoms with van der Waals surface area (Å²) in [7, 11) is 0. The maximum absolute atomic E-state index is 5.59. The lowest BCUT2D eigenvalue weighted by atomic mass is 10.3. The van der Waals surface area contributed by atoms with Gasteiger partial charge in [-0.3, -0.25) is 0 Å². The summed E-state index contributed by atoms with van der Waals surface area (Å²) in [6, 6.07) is 0. The number of aryl methyl sites for hydroxylation is 1. The Labute approximate surface area is 121 Å². The molecule has 0 aliphatic heterocycles. The lowest BCUT2D eigenvalue weighted by Gasteiger charge is -2.00. The fraction of sp³-hybridized carbons (Fsp3) is 0.583. The first-order valence-corrected chi connectivity index (χ1v) is 8.14. The van der Waals surface area contributed by atoms with Crippen molar-refractivity contribution in [3.05, 3.63) is 16.5 Å². The minimum Gasteiger partial charge on any atom is -0.333 e. The van der Waals surface area contributed by atoms with E-state index in [0.717, 1.165) is 32.9 Å². The van der Waals surface area contributed by atoms with Gasteiger partial charge in [-0.05, 0) is 18.6 Å². The standard InChI is InChI=1S/C12H18N4OS2/c1-7(2)5-18-6-9-15-12(17-16-9)11-8(3)14-10(4-13)19-11/h7H,4-6,13H2,1-3H3. The van der Waals surface area contributed by atoms with Crippen LogP contribution in [0, 0.1) is 12.8 Å². The first-order valence-electron chi connectivity index (χ1n) is 6.17. The van der Waals surface area contributed by atoms with Gasteiger partial charge in [0.2, 0.25) is 0 Å². The first kappa shape index (κ1) is 14.5. The van der Waals surface area contributed by atoms with Gasteiger partial charge in [0.1, 0.15) is 9.88 Å². The van der Waals surface area contributed by atoms with Crippen molar-refractivity contribution in [2.24, 2.45) is 11.7 Å². The topological polar surface area (TPSA) is 77.8 Å². The molecule has 0 saturated heterocycles. The Hall–Kier alpha value is -0.920. The van der Waals surface area contributed by atoms with Crippen molar-refractivity contribution >= 4 is 23.1 Å². The van der Waals surface area contributed by atoms with Crippen molar-refractivity contribution in [1.82, 2.24) is 15.1 Å². The number of thioether (sulfide) groups is 1. The molecule has 0 radical (unpaired) electrons. The number of nitrogens with two attached hydrogens (primary N) is 1. The molecule has 0 saturated carbocycles. The molecule has 0 unspecified atom stereocenters. The average Bonchev–Trinajstić information content (AvgIpc) is 2.95. The quantitative estimate of drug-likeness (QED) is 0.883. The Morgan fingerprint density at radius 2 is 2.16 bits per heavy atom. The second kappa shape index (κ2) is 6.49. The highest BCUT2D eigenvalue weighted by molar-refractivity contribution is 7.98. The SMILES string of the molecule is Cc1nc(CN)sc1-c1nc(CSCC(C)C)no1. The van der Waals surface area contributed by atoms with Crippen molar-refractivity contribution in [3.8, 4) is 10.8 Å². The van der Waals surface area contributed by atoms with Gasteiger partial charge in [0.25, 0.3) is 5.89 Å². The molecule has 2 aromatic rings. The molecule has 0 aliphatic rings. The van der Waals surface area contributed by atoms with Gasteiger partial charge in [-0.25, -0.2) is 4.98 Å². The minimum absolute atomic E-state index is 0.441. The zero-order chi connectivity index (χ0) is 13.8. The highest BCUT2D eigenvalue weighted by Crippen LogP contribution is 2.29. The first-order chi connectivity index (χ1) is 9.10. The summed E-state index contributed by atoms with van der Waals surface area (Å²) >= 11 is 3.34. The van der Waals surface area contributed by atoms with Gasteiger partial charge < -0.3 is 10.3 Å². The van der Waals surface area contributed by atoms with Crippen LogP contribution < -0.4 is 5.73 Å². The predicted octanol–water partition coefficient (Wildman–Crippen LogP) is 2.85. The van der Waals surface area contributed by atoms with E-state index in [1.54, 1.807) is 0 Å². The van der Waals surface area contributed by atoms with Gasteiger partial charge in [0, 0.05) is 6.54 Å². The van der Waals surface area contributed by atoms with E-state index in [4.69, 9.17) is 10.3 Å². The highest BCUT2D eigenvalue weighted by Gasteiger charge is 2.15. The van der Waals surface area contributed by atoms with Crippen LogP contribution in [-0.2, 0) is 12.3 Å². The molecule has 0 fully saturated rings. The highest BCUT2D eigenvalue weighted by atomic mass is 32.2. The van der Waals surface area contributed by atoms with Crippen LogP contribution >= 0.6 is 23.1 Å². The Morgan fingerprint density at radius 1 is 1.37 bits per heavy atom. The van der Waals surface area contributed by atoms with E-state index in [-0.39, 0.29) is 0 Å². The second-order valence-corrected chi connectivity index (χ2v) is 6.76. The molecule has 19 heavy (non-hydrogen) atoms. The van der Waals surface area contributed by atoms with Crippen LogP contribution in [0.4, 0.5) is 0 Å². The zero-order valence-corrected chi connectivity index (χ0v) is 13.0. The number of hydrogen-bond donors (Lipinski definition) is 1. The monoisotopic (exact) mass is 298 g/mol. The van der Waals surface area contributed by atoms with E-state index >= 15 is 0 Å². The lowest BCUT2D eigenvalue weighted by Crippen LogP contribution is -1.94. The normalized spacial score (nSPS) is 11.4. The molecule has 2 aromatic heterocycles. The number of rotatable bonds is 6. The summed E-state index contributed by atoms with van der Waals surface area (Å²) in [5, 5.41) is 4.90. The molecule has 2 rings (SSSR count). The fourth-order valence-electron chi connectivity index (χ4n) is 1.53. The summed E-state index contributed by atoms with van der Waals surface area (Å²) in [6.45, 7) is 6.77. The molecule has 0 spiro atoms. The molecule has 5 nitrogen and oxygen atoms in total. The van der Waals surface area contributed by atoms with Crippen LogP contribution in [0.5, 0.6) is 0 Å². The van der Waals surface area contributed by atoms with Gasteiger partial charge in [0.05, 0.1) is 11.4 Å². The van der Waals surface area contributed by atoms with Crippen molar-refractivity contribution in [3.63, 3.8) is 0 Å². The van der Waals surface area contributed by atoms with Crippen LogP contribution in [0.1, 0.15) is 30.4 Å². The maximum atomic E-state index is 5.59. The van der Waals surface area contributed by atoms with Gasteiger partial charge in [-0.15, -0.1) is 11.3 Å². The van der Waals surface area contributed by atoms with Crippen LogP contribution in [0.3, 0.4) is 0 Å². The van der Waals surface area contributed by atoms with Crippen LogP contribution in [0.15, 0.2) is 4.52 Å². The number of aromatic nitrogens is 3. The summed E-state index contributed by atoms with van der Waals surface area (Å²) in [5.41, 5.74) is 6.49. The number of nitrogens with zero attached hydrogens (tertiary/aromatic N) is 3. The van der Waals surface area contributed by atoms with E-state index in [1.165, 1.54) is 11.3 Å². The van der Waals surface area contributed by atoms with E-state index in [1.807, 2.05) is 18.7 Å². The predicted molar refractivity (Wildman–Crippen MR) is 79.0 cm³/mol. The zero-order valence-electron chi connectivity index (χ0n) is 11.3. The minimum atomic E-state index is 0.441. The van der Waals surface area contributed by atoms with Gasteiger partial charge in [-0.2, -0.15) is 16.7 Å². The van der Waals surface area contributed by atoms with Crippen molar-refractivity contribution in [2.75, 3.05) is 5.75 Å². The Kier molecular flexibility index (Phi) is 4.95. The summed E-state index contributed by atoms with van der Waals surface area (Å²) < 4.78 is 5.30. The Morgan fingerprint density at radius 3 is 2.79 bits per heavy atom. The largest absolute Gasteiger partial charge is 0.333 e. The van der Waals surface area contributed by atoms with Crippen molar-refractivity contribution in [2.45, 2.75) is 33.1 Å². The molecule has 0 aromatic carbocycles. The molecular weight excluding hydrogens is 280 g/mol. The number of hydrogen-bond acceptors (Lipinski definition) is 7. The molecule has 0 amide bonds. The van der Waals surface area contributed by atoms with Crippen molar-refractivity contribution in [1.29, 1.82) is 0 Å². The van der Waals surface area contributed by atoms with Crippen LogP contribution in [-0.4, -0.2) is 20.9 Å². The third-order valence-corrected chi connectivity index (χ3v) is 4.89. The lowest BCUT2D eigenvalue weighted by molar-refractivity contribution is 0.425. The van der Waals surface area contributed by atoms with Gasteiger partial charge >= 0.3 is 0 Å². The van der Waals surface area contributed by atoms with E-state index < -0.39 is 0 Å². The molecule has 0 atom stereocenters. The number of thiazole rings is 1. The molecule has 0 aliphatic carbocycles. The van der Waals surface area contributed by atoms with E-state index in [0.29, 0.717) is 18.4 Å². The van der Waals surface area contributed by atoms with Crippen molar-refractivity contribution < 1.29 is 4.52 Å². The Bertz CT molecular complexity index is 536. The molecule has 104 valence electrons. The molecular formula is C12H18N4OS2. The van der Waals surface area contributed by atoms with E-state index in [9.17, 15) is 0 Å². The fourth-order valence-corrected chi connectivity index (χ4v) is 3.28. The third-order valence-electron chi connectivity index (χ3n) is 2.36. The molecule has 2 heterocycles. The maximum Gasteiger partial charge on any atom is 0.269 e. The summed E-state index contributed by atoms with van der Waals surface area (Å²) in [5.74, 6) is 3.84. The summed E-state index contributed by atoms with van der Waals surface area (Å²) in [4.78, 5) is 9.70. The molecule has 2 N–H and O–H groups in total.